The molecule has 1 aliphatic rings. The van der Waals surface area contributed by atoms with Crippen LogP contribution in [-0.4, -0.2) is 11.5 Å². The third kappa shape index (κ3) is 2.02. The third-order valence-corrected chi connectivity index (χ3v) is 3.10. The summed E-state index contributed by atoms with van der Waals surface area (Å²) < 4.78 is 24.9. The van der Waals surface area contributed by atoms with Crippen molar-refractivity contribution in [3.05, 3.63) is 35.4 Å². The van der Waals surface area contributed by atoms with Gasteiger partial charge in [0.25, 0.3) is 6.43 Å². The maximum atomic E-state index is 12.4. The second-order valence-corrected chi connectivity index (χ2v) is 4.04. The Hall–Kier alpha value is -0.960. The molecule has 0 aliphatic heterocycles. The Balaban J connectivity index is 2.28. The molecule has 1 nitrogen and oxygen atoms in total. The van der Waals surface area contributed by atoms with Crippen LogP contribution in [0.25, 0.3) is 0 Å². The van der Waals surface area contributed by atoms with E-state index in [0.717, 1.165) is 24.8 Å². The quantitative estimate of drug-likeness (QED) is 0.815. The summed E-state index contributed by atoms with van der Waals surface area (Å²) in [6.45, 7) is 0. The highest BCUT2D eigenvalue weighted by Gasteiger charge is 2.27. The number of hydrogen-bond donors (Lipinski definition) is 1. The summed E-state index contributed by atoms with van der Waals surface area (Å²) in [7, 11) is 0. The van der Waals surface area contributed by atoms with Crippen LogP contribution in [0.3, 0.4) is 0 Å². The van der Waals surface area contributed by atoms with Gasteiger partial charge >= 0.3 is 0 Å². The van der Waals surface area contributed by atoms with E-state index in [2.05, 4.69) is 0 Å². The molecular formula is C12H14F2O. The first-order valence-electron chi connectivity index (χ1n) is 5.25. The van der Waals surface area contributed by atoms with Crippen LogP contribution in [0.1, 0.15) is 42.4 Å². The summed E-state index contributed by atoms with van der Waals surface area (Å²) in [5.41, 5.74) is 1.30. The van der Waals surface area contributed by atoms with E-state index in [4.69, 9.17) is 0 Å². The molecule has 0 bridgehead atoms. The molecule has 1 fully saturated rings. The highest BCUT2D eigenvalue weighted by atomic mass is 19.3. The van der Waals surface area contributed by atoms with Crippen molar-refractivity contribution in [3.63, 3.8) is 0 Å². The van der Waals surface area contributed by atoms with E-state index in [1.54, 1.807) is 12.1 Å². The van der Waals surface area contributed by atoms with Gasteiger partial charge in [0.05, 0.1) is 0 Å². The van der Waals surface area contributed by atoms with Crippen molar-refractivity contribution in [1.82, 2.24) is 0 Å². The first-order chi connectivity index (χ1) is 7.20. The van der Waals surface area contributed by atoms with E-state index < -0.39 is 12.5 Å². The summed E-state index contributed by atoms with van der Waals surface area (Å²) >= 11 is 0. The van der Waals surface area contributed by atoms with Crippen molar-refractivity contribution >= 4 is 0 Å². The average molecular weight is 212 g/mol. The molecule has 3 heteroatoms. The molecule has 1 aromatic carbocycles. The van der Waals surface area contributed by atoms with E-state index in [9.17, 15) is 13.9 Å². The zero-order valence-electron chi connectivity index (χ0n) is 8.37. The molecule has 0 saturated heterocycles. The molecule has 1 atom stereocenters. The van der Waals surface area contributed by atoms with Crippen LogP contribution in [0.15, 0.2) is 24.3 Å². The standard InChI is InChI=1S/C12H14F2O/c13-12(14)11(15)10-7-2-1-6-9(10)8-4-3-5-8/h1-2,6-8,11-12,15H,3-5H2. The van der Waals surface area contributed by atoms with Crippen LogP contribution in [-0.2, 0) is 0 Å². The van der Waals surface area contributed by atoms with Gasteiger partial charge < -0.3 is 5.11 Å². The van der Waals surface area contributed by atoms with Crippen molar-refractivity contribution in [3.8, 4) is 0 Å². The molecule has 0 heterocycles. The van der Waals surface area contributed by atoms with Gasteiger partial charge in [-0.15, -0.1) is 0 Å². The monoisotopic (exact) mass is 212 g/mol. The number of rotatable bonds is 3. The molecular weight excluding hydrogens is 198 g/mol. The topological polar surface area (TPSA) is 20.2 Å². The Kier molecular flexibility index (Phi) is 3.00. The smallest absolute Gasteiger partial charge is 0.268 e. The molecule has 1 saturated carbocycles. The van der Waals surface area contributed by atoms with Crippen molar-refractivity contribution < 1.29 is 13.9 Å². The molecule has 1 aliphatic carbocycles. The van der Waals surface area contributed by atoms with Crippen molar-refractivity contribution in [2.45, 2.75) is 37.7 Å². The van der Waals surface area contributed by atoms with E-state index in [0.29, 0.717) is 11.5 Å². The summed E-state index contributed by atoms with van der Waals surface area (Å²) in [5, 5.41) is 9.40. The van der Waals surface area contributed by atoms with Gasteiger partial charge in [0.2, 0.25) is 0 Å². The van der Waals surface area contributed by atoms with Crippen LogP contribution in [0.2, 0.25) is 0 Å². The number of halogens is 2. The molecule has 0 amide bonds. The lowest BCUT2D eigenvalue weighted by Crippen LogP contribution is -2.16. The Morgan fingerprint density at radius 1 is 1.20 bits per heavy atom. The summed E-state index contributed by atoms with van der Waals surface area (Å²) in [5.74, 6) is 0.370. The molecule has 1 aromatic rings. The summed E-state index contributed by atoms with van der Waals surface area (Å²) in [6, 6.07) is 6.99. The highest BCUT2D eigenvalue weighted by molar-refractivity contribution is 5.33. The fourth-order valence-electron chi connectivity index (χ4n) is 2.01. The van der Waals surface area contributed by atoms with Gasteiger partial charge in [-0.3, -0.25) is 0 Å². The molecule has 0 radical (unpaired) electrons. The van der Waals surface area contributed by atoms with Crippen LogP contribution >= 0.6 is 0 Å². The van der Waals surface area contributed by atoms with Crippen molar-refractivity contribution in [2.24, 2.45) is 0 Å². The maximum Gasteiger partial charge on any atom is 0.268 e. The number of aliphatic hydroxyl groups excluding tert-OH is 1. The number of benzene rings is 1. The predicted octanol–water partition coefficient (Wildman–Crippen LogP) is 3.25. The molecule has 1 unspecified atom stereocenters. The zero-order valence-corrected chi connectivity index (χ0v) is 8.37. The minimum absolute atomic E-state index is 0.370. The average Bonchev–Trinajstić information content (AvgIpc) is 2.15. The van der Waals surface area contributed by atoms with E-state index in [-0.39, 0.29) is 0 Å². The minimum Gasteiger partial charge on any atom is -0.382 e. The van der Waals surface area contributed by atoms with E-state index in [1.165, 1.54) is 0 Å². The van der Waals surface area contributed by atoms with Gasteiger partial charge in [-0.25, -0.2) is 8.78 Å². The normalized spacial score (nSPS) is 18.9. The minimum atomic E-state index is -2.70. The lowest BCUT2D eigenvalue weighted by Gasteiger charge is -2.29. The fraction of sp³-hybridized carbons (Fsp3) is 0.500. The first kappa shape index (κ1) is 10.6. The van der Waals surface area contributed by atoms with Crippen LogP contribution in [0.4, 0.5) is 8.78 Å². The molecule has 1 N–H and O–H groups in total. The molecule has 2 rings (SSSR count). The largest absolute Gasteiger partial charge is 0.382 e. The van der Waals surface area contributed by atoms with Gasteiger partial charge in [-0.2, -0.15) is 0 Å². The number of aliphatic hydroxyl groups is 1. The highest BCUT2D eigenvalue weighted by Crippen LogP contribution is 2.40. The van der Waals surface area contributed by atoms with Gasteiger partial charge in [0, 0.05) is 0 Å². The first-order valence-corrected chi connectivity index (χ1v) is 5.25. The second kappa shape index (κ2) is 4.27. The third-order valence-electron chi connectivity index (χ3n) is 3.10. The van der Waals surface area contributed by atoms with Gasteiger partial charge in [0.15, 0.2) is 0 Å². The van der Waals surface area contributed by atoms with E-state index >= 15 is 0 Å². The lowest BCUT2D eigenvalue weighted by molar-refractivity contribution is -0.00663. The fourth-order valence-corrected chi connectivity index (χ4v) is 2.01. The number of hydrogen-bond acceptors (Lipinski definition) is 1. The van der Waals surface area contributed by atoms with Crippen LogP contribution in [0.5, 0.6) is 0 Å². The molecule has 0 aromatic heterocycles. The zero-order chi connectivity index (χ0) is 10.8. The van der Waals surface area contributed by atoms with Gasteiger partial charge in [0.1, 0.15) is 6.10 Å². The maximum absolute atomic E-state index is 12.4. The number of alkyl halides is 2. The molecule has 0 spiro atoms. The summed E-state index contributed by atoms with van der Waals surface area (Å²) in [4.78, 5) is 0. The second-order valence-electron chi connectivity index (χ2n) is 4.04. The predicted molar refractivity (Wildman–Crippen MR) is 54.0 cm³/mol. The van der Waals surface area contributed by atoms with Crippen molar-refractivity contribution in [1.29, 1.82) is 0 Å². The van der Waals surface area contributed by atoms with Crippen molar-refractivity contribution in [2.75, 3.05) is 0 Å². The van der Waals surface area contributed by atoms with Gasteiger partial charge in [-0.1, -0.05) is 30.7 Å². The van der Waals surface area contributed by atoms with E-state index in [1.807, 2.05) is 12.1 Å². The molecule has 15 heavy (non-hydrogen) atoms. The van der Waals surface area contributed by atoms with Crippen LogP contribution < -0.4 is 0 Å². The summed E-state index contributed by atoms with van der Waals surface area (Å²) in [6.07, 6.45) is -1.09. The SMILES string of the molecule is OC(c1ccccc1C1CCC1)C(F)F. The Bertz CT molecular complexity index is 334. The Morgan fingerprint density at radius 2 is 1.87 bits per heavy atom. The van der Waals surface area contributed by atoms with Gasteiger partial charge in [-0.05, 0) is 29.9 Å². The Morgan fingerprint density at radius 3 is 2.40 bits per heavy atom. The molecule has 82 valence electrons. The Labute approximate surface area is 87.7 Å². The lowest BCUT2D eigenvalue weighted by atomic mass is 9.77. The van der Waals surface area contributed by atoms with Crippen LogP contribution in [0, 0.1) is 0 Å².